The molecular formula is C19H19N3O3S. The van der Waals surface area contributed by atoms with Gasteiger partial charge in [0.1, 0.15) is 0 Å². The standard InChI is InChI=1S/C19H19N3O3S/c1-24-16-9-8-15(10-17(16)25-2)11-20-21-19-22(18(23)13-26-19)12-14-6-4-3-5-7-14/h3-11H,12-13H2,1-2H3. The summed E-state index contributed by atoms with van der Waals surface area (Å²) in [4.78, 5) is 13.8. The fourth-order valence-electron chi connectivity index (χ4n) is 2.47. The number of carbonyl (C=O) groups is 1. The zero-order chi connectivity index (χ0) is 18.4. The van der Waals surface area contributed by atoms with Gasteiger partial charge in [-0.05, 0) is 29.3 Å². The third-order valence-electron chi connectivity index (χ3n) is 3.80. The molecule has 0 aromatic heterocycles. The number of methoxy groups -OCH3 is 2. The van der Waals surface area contributed by atoms with E-state index in [9.17, 15) is 4.79 Å². The molecule has 2 aromatic rings. The smallest absolute Gasteiger partial charge is 0.239 e. The highest BCUT2D eigenvalue weighted by Crippen LogP contribution is 2.27. The zero-order valence-corrected chi connectivity index (χ0v) is 15.4. The first-order chi connectivity index (χ1) is 12.7. The lowest BCUT2D eigenvalue weighted by atomic mass is 10.2. The van der Waals surface area contributed by atoms with Gasteiger partial charge in [0.05, 0.1) is 32.7 Å². The van der Waals surface area contributed by atoms with Crippen LogP contribution in [0.15, 0.2) is 58.7 Å². The molecule has 1 aliphatic rings. The van der Waals surface area contributed by atoms with Crippen molar-refractivity contribution in [2.24, 2.45) is 10.2 Å². The average Bonchev–Trinajstić information content (AvgIpc) is 3.02. The molecule has 0 radical (unpaired) electrons. The molecule has 3 rings (SSSR count). The van der Waals surface area contributed by atoms with Crippen molar-refractivity contribution >= 4 is 29.1 Å². The second kappa shape index (κ2) is 8.53. The van der Waals surface area contributed by atoms with E-state index in [2.05, 4.69) is 10.2 Å². The molecule has 1 amide bonds. The second-order valence-electron chi connectivity index (χ2n) is 5.50. The van der Waals surface area contributed by atoms with E-state index in [1.54, 1.807) is 25.3 Å². The van der Waals surface area contributed by atoms with Crippen LogP contribution in [0, 0.1) is 0 Å². The summed E-state index contributed by atoms with van der Waals surface area (Å²) in [6, 6.07) is 15.3. The zero-order valence-electron chi connectivity index (χ0n) is 14.6. The van der Waals surface area contributed by atoms with E-state index in [1.807, 2.05) is 48.5 Å². The lowest BCUT2D eigenvalue weighted by molar-refractivity contribution is -0.124. The first-order valence-electron chi connectivity index (χ1n) is 8.01. The summed E-state index contributed by atoms with van der Waals surface area (Å²) in [6.07, 6.45) is 1.62. The van der Waals surface area contributed by atoms with Crippen LogP contribution in [-0.2, 0) is 11.3 Å². The fraction of sp³-hybridized carbons (Fsp3) is 0.211. The van der Waals surface area contributed by atoms with Gasteiger partial charge in [-0.25, -0.2) is 0 Å². The van der Waals surface area contributed by atoms with Gasteiger partial charge in [-0.2, -0.15) is 5.10 Å². The number of rotatable bonds is 6. The molecule has 1 heterocycles. The number of benzene rings is 2. The van der Waals surface area contributed by atoms with Crippen LogP contribution < -0.4 is 9.47 Å². The largest absolute Gasteiger partial charge is 0.493 e. The Morgan fingerprint density at radius 1 is 1.12 bits per heavy atom. The van der Waals surface area contributed by atoms with E-state index in [0.717, 1.165) is 11.1 Å². The molecule has 1 saturated heterocycles. The minimum atomic E-state index is 0.0407. The van der Waals surface area contributed by atoms with Gasteiger partial charge in [-0.1, -0.05) is 42.1 Å². The van der Waals surface area contributed by atoms with Crippen molar-refractivity contribution < 1.29 is 14.3 Å². The number of amidine groups is 1. The molecule has 2 aromatic carbocycles. The third-order valence-corrected chi connectivity index (χ3v) is 4.75. The van der Waals surface area contributed by atoms with Crippen molar-refractivity contribution in [2.45, 2.75) is 6.54 Å². The molecule has 0 unspecified atom stereocenters. The fourth-order valence-corrected chi connectivity index (χ4v) is 3.31. The summed E-state index contributed by atoms with van der Waals surface area (Å²) in [5, 5.41) is 8.97. The average molecular weight is 369 g/mol. The van der Waals surface area contributed by atoms with Gasteiger partial charge in [0, 0.05) is 0 Å². The summed E-state index contributed by atoms with van der Waals surface area (Å²) in [5.74, 6) is 1.71. The van der Waals surface area contributed by atoms with Crippen LogP contribution in [0.25, 0.3) is 0 Å². The first-order valence-corrected chi connectivity index (χ1v) is 9.00. The Labute approximate surface area is 156 Å². The molecule has 0 N–H and O–H groups in total. The summed E-state index contributed by atoms with van der Waals surface area (Å²) in [7, 11) is 3.18. The van der Waals surface area contributed by atoms with E-state index < -0.39 is 0 Å². The topological polar surface area (TPSA) is 63.5 Å². The molecular weight excluding hydrogens is 350 g/mol. The SMILES string of the molecule is COc1ccc(C=NN=C2SCC(=O)N2Cc2ccccc2)cc1OC. The number of carbonyl (C=O) groups excluding carboxylic acids is 1. The molecule has 0 aliphatic carbocycles. The first kappa shape index (κ1) is 18.0. The molecule has 0 saturated carbocycles. The maximum Gasteiger partial charge on any atom is 0.239 e. The van der Waals surface area contributed by atoms with Gasteiger partial charge in [0.25, 0.3) is 0 Å². The number of ether oxygens (including phenoxy) is 2. The van der Waals surface area contributed by atoms with Gasteiger partial charge < -0.3 is 9.47 Å². The van der Waals surface area contributed by atoms with Crippen LogP contribution in [0.4, 0.5) is 0 Å². The van der Waals surface area contributed by atoms with E-state index >= 15 is 0 Å². The van der Waals surface area contributed by atoms with Gasteiger partial charge >= 0.3 is 0 Å². The third kappa shape index (κ3) is 4.23. The molecule has 6 nitrogen and oxygen atoms in total. The van der Waals surface area contributed by atoms with Crippen molar-refractivity contribution in [3.05, 3.63) is 59.7 Å². The lowest BCUT2D eigenvalue weighted by Crippen LogP contribution is -2.28. The highest BCUT2D eigenvalue weighted by Gasteiger charge is 2.28. The van der Waals surface area contributed by atoms with Crippen molar-refractivity contribution in [3.63, 3.8) is 0 Å². The maximum absolute atomic E-state index is 12.1. The maximum atomic E-state index is 12.1. The van der Waals surface area contributed by atoms with Crippen molar-refractivity contribution in [1.29, 1.82) is 0 Å². The van der Waals surface area contributed by atoms with Crippen LogP contribution in [0.3, 0.4) is 0 Å². The number of hydrogen-bond donors (Lipinski definition) is 0. The molecule has 0 bridgehead atoms. The molecule has 1 fully saturated rings. The van der Waals surface area contributed by atoms with Crippen LogP contribution in [-0.4, -0.2) is 42.2 Å². The number of amides is 1. The van der Waals surface area contributed by atoms with E-state index in [1.165, 1.54) is 11.8 Å². The predicted octanol–water partition coefficient (Wildman–Crippen LogP) is 3.17. The number of thioether (sulfide) groups is 1. The Bertz CT molecular complexity index is 837. The van der Waals surface area contributed by atoms with Crippen LogP contribution in [0.1, 0.15) is 11.1 Å². The number of hydrogen-bond acceptors (Lipinski definition) is 6. The van der Waals surface area contributed by atoms with E-state index in [0.29, 0.717) is 29.0 Å². The second-order valence-corrected chi connectivity index (χ2v) is 6.44. The van der Waals surface area contributed by atoms with Crippen molar-refractivity contribution in [2.75, 3.05) is 20.0 Å². The molecule has 1 aliphatic heterocycles. The number of nitrogens with zero attached hydrogens (tertiary/aromatic N) is 3. The lowest BCUT2D eigenvalue weighted by Gasteiger charge is -2.14. The highest BCUT2D eigenvalue weighted by molar-refractivity contribution is 8.15. The molecule has 0 atom stereocenters. The molecule has 0 spiro atoms. The minimum Gasteiger partial charge on any atom is -0.493 e. The van der Waals surface area contributed by atoms with E-state index in [4.69, 9.17) is 9.47 Å². The van der Waals surface area contributed by atoms with Crippen LogP contribution in [0.5, 0.6) is 11.5 Å². The van der Waals surface area contributed by atoms with Crippen LogP contribution >= 0.6 is 11.8 Å². The Balaban J connectivity index is 1.74. The summed E-state index contributed by atoms with van der Waals surface area (Å²) in [6.45, 7) is 0.497. The Morgan fingerprint density at radius 2 is 1.88 bits per heavy atom. The molecule has 7 heteroatoms. The summed E-state index contributed by atoms with van der Waals surface area (Å²) in [5.41, 5.74) is 1.89. The minimum absolute atomic E-state index is 0.0407. The monoisotopic (exact) mass is 369 g/mol. The molecule has 26 heavy (non-hydrogen) atoms. The summed E-state index contributed by atoms with van der Waals surface area (Å²) < 4.78 is 10.5. The quantitative estimate of drug-likeness (QED) is 0.580. The summed E-state index contributed by atoms with van der Waals surface area (Å²) >= 11 is 1.39. The van der Waals surface area contributed by atoms with E-state index in [-0.39, 0.29) is 5.91 Å². The van der Waals surface area contributed by atoms with Gasteiger partial charge in [-0.3, -0.25) is 9.69 Å². The van der Waals surface area contributed by atoms with Gasteiger partial charge in [0.2, 0.25) is 5.91 Å². The Morgan fingerprint density at radius 3 is 2.62 bits per heavy atom. The predicted molar refractivity (Wildman–Crippen MR) is 104 cm³/mol. The van der Waals surface area contributed by atoms with Crippen molar-refractivity contribution in [3.8, 4) is 11.5 Å². The molecule has 134 valence electrons. The van der Waals surface area contributed by atoms with Gasteiger partial charge in [0.15, 0.2) is 16.7 Å². The normalized spacial score (nSPS) is 15.8. The van der Waals surface area contributed by atoms with Gasteiger partial charge in [-0.15, -0.1) is 5.10 Å². The Hall–Kier alpha value is -2.80. The highest BCUT2D eigenvalue weighted by atomic mass is 32.2. The van der Waals surface area contributed by atoms with Crippen LogP contribution in [0.2, 0.25) is 0 Å². The Kier molecular flexibility index (Phi) is 5.91. The van der Waals surface area contributed by atoms with Crippen molar-refractivity contribution in [1.82, 2.24) is 4.90 Å².